The monoisotopic (exact) mass is 252 g/mol. The molecule has 2 amide bonds. The predicted octanol–water partition coefficient (Wildman–Crippen LogP) is 2.08. The number of rotatable bonds is 1. The SMILES string of the molecule is C#CCNC(=O)N1CCSC2(CCCCC2)C1. The molecule has 0 aromatic carbocycles. The molecule has 2 aliphatic rings. The highest BCUT2D eigenvalue weighted by atomic mass is 32.2. The Morgan fingerprint density at radius 3 is 2.88 bits per heavy atom. The molecular weight excluding hydrogens is 232 g/mol. The van der Waals surface area contributed by atoms with E-state index in [4.69, 9.17) is 6.42 Å². The van der Waals surface area contributed by atoms with Crippen LogP contribution in [0.3, 0.4) is 0 Å². The largest absolute Gasteiger partial charge is 0.327 e. The van der Waals surface area contributed by atoms with Crippen molar-refractivity contribution in [3.05, 3.63) is 0 Å². The van der Waals surface area contributed by atoms with E-state index in [1.54, 1.807) is 0 Å². The van der Waals surface area contributed by atoms with Gasteiger partial charge in [-0.2, -0.15) is 11.8 Å². The Balaban J connectivity index is 1.92. The molecule has 1 heterocycles. The number of hydrogen-bond acceptors (Lipinski definition) is 2. The lowest BCUT2D eigenvalue weighted by atomic mass is 9.87. The molecule has 0 atom stereocenters. The fraction of sp³-hybridized carbons (Fsp3) is 0.769. The summed E-state index contributed by atoms with van der Waals surface area (Å²) in [6, 6.07) is 0.00759. The molecule has 4 heteroatoms. The topological polar surface area (TPSA) is 32.3 Å². The second kappa shape index (κ2) is 5.68. The van der Waals surface area contributed by atoms with E-state index in [1.807, 2.05) is 4.90 Å². The first kappa shape index (κ1) is 12.6. The Bertz CT molecular complexity index is 312. The molecule has 2 fully saturated rings. The van der Waals surface area contributed by atoms with E-state index in [0.29, 0.717) is 11.3 Å². The number of urea groups is 1. The average Bonchev–Trinajstić information content (AvgIpc) is 2.37. The molecule has 1 spiro atoms. The molecule has 1 N–H and O–H groups in total. The van der Waals surface area contributed by atoms with Crippen LogP contribution in [0.15, 0.2) is 0 Å². The quantitative estimate of drug-likeness (QED) is 0.725. The third-order valence-corrected chi connectivity index (χ3v) is 5.18. The fourth-order valence-electron chi connectivity index (χ4n) is 2.76. The van der Waals surface area contributed by atoms with E-state index >= 15 is 0 Å². The summed E-state index contributed by atoms with van der Waals surface area (Å²) >= 11 is 2.07. The molecule has 0 unspecified atom stereocenters. The van der Waals surface area contributed by atoms with Gasteiger partial charge in [-0.05, 0) is 12.8 Å². The van der Waals surface area contributed by atoms with E-state index in [-0.39, 0.29) is 6.03 Å². The highest BCUT2D eigenvalue weighted by molar-refractivity contribution is 8.00. The first-order valence-electron chi connectivity index (χ1n) is 6.36. The highest BCUT2D eigenvalue weighted by Gasteiger charge is 2.38. The zero-order chi connectivity index (χ0) is 12.1. The molecule has 1 saturated heterocycles. The molecular formula is C13H20N2OS. The number of thioether (sulfide) groups is 1. The third-order valence-electron chi connectivity index (χ3n) is 3.64. The van der Waals surface area contributed by atoms with Gasteiger partial charge in [0.1, 0.15) is 0 Å². The van der Waals surface area contributed by atoms with Crippen LogP contribution in [0, 0.1) is 12.3 Å². The number of nitrogens with one attached hydrogen (secondary N) is 1. The molecule has 0 radical (unpaired) electrons. The minimum Gasteiger partial charge on any atom is -0.327 e. The van der Waals surface area contributed by atoms with Gasteiger partial charge in [-0.15, -0.1) is 6.42 Å². The van der Waals surface area contributed by atoms with Gasteiger partial charge in [0.05, 0.1) is 6.54 Å². The molecule has 3 nitrogen and oxygen atoms in total. The molecule has 0 aromatic heterocycles. The second-order valence-corrected chi connectivity index (χ2v) is 6.44. The molecule has 1 saturated carbocycles. The summed E-state index contributed by atoms with van der Waals surface area (Å²) in [6.45, 7) is 2.08. The first-order valence-corrected chi connectivity index (χ1v) is 7.35. The number of hydrogen-bond donors (Lipinski definition) is 1. The van der Waals surface area contributed by atoms with Crippen molar-refractivity contribution in [2.24, 2.45) is 0 Å². The maximum atomic E-state index is 11.9. The summed E-state index contributed by atoms with van der Waals surface area (Å²) in [5.41, 5.74) is 0. The lowest BCUT2D eigenvalue weighted by Gasteiger charge is -2.44. The van der Waals surface area contributed by atoms with Gasteiger partial charge >= 0.3 is 6.03 Å². The van der Waals surface area contributed by atoms with Gasteiger partial charge in [0, 0.05) is 23.6 Å². The Labute approximate surface area is 108 Å². The zero-order valence-corrected chi connectivity index (χ0v) is 11.0. The molecule has 1 aliphatic carbocycles. The van der Waals surface area contributed by atoms with Crippen molar-refractivity contribution in [1.29, 1.82) is 0 Å². The number of carbonyl (C=O) groups is 1. The number of terminal acetylenes is 1. The van der Waals surface area contributed by atoms with Crippen LogP contribution in [0.5, 0.6) is 0 Å². The van der Waals surface area contributed by atoms with Crippen LogP contribution in [-0.4, -0.2) is 41.1 Å². The number of nitrogens with zero attached hydrogens (tertiary/aromatic N) is 1. The Morgan fingerprint density at radius 2 is 2.18 bits per heavy atom. The summed E-state index contributed by atoms with van der Waals surface area (Å²) in [6.07, 6.45) is 11.7. The smallest absolute Gasteiger partial charge is 0.318 e. The van der Waals surface area contributed by atoms with Gasteiger partial charge in [-0.3, -0.25) is 0 Å². The molecule has 17 heavy (non-hydrogen) atoms. The Hall–Kier alpha value is -0.820. The van der Waals surface area contributed by atoms with Crippen LogP contribution in [0.1, 0.15) is 32.1 Å². The molecule has 0 bridgehead atoms. The maximum Gasteiger partial charge on any atom is 0.318 e. The Morgan fingerprint density at radius 1 is 1.41 bits per heavy atom. The van der Waals surface area contributed by atoms with Crippen molar-refractivity contribution in [2.75, 3.05) is 25.4 Å². The number of amides is 2. The summed E-state index contributed by atoms with van der Waals surface area (Å²) in [5.74, 6) is 3.50. The number of carbonyl (C=O) groups excluding carboxylic acids is 1. The predicted molar refractivity (Wildman–Crippen MR) is 72.1 cm³/mol. The maximum absolute atomic E-state index is 11.9. The van der Waals surface area contributed by atoms with Crippen LogP contribution >= 0.6 is 11.8 Å². The highest BCUT2D eigenvalue weighted by Crippen LogP contribution is 2.42. The van der Waals surface area contributed by atoms with Crippen LogP contribution in [-0.2, 0) is 0 Å². The van der Waals surface area contributed by atoms with Gasteiger partial charge in [-0.25, -0.2) is 4.79 Å². The summed E-state index contributed by atoms with van der Waals surface area (Å²) < 4.78 is 0.337. The van der Waals surface area contributed by atoms with Gasteiger partial charge in [-0.1, -0.05) is 25.2 Å². The van der Waals surface area contributed by atoms with Crippen LogP contribution in [0.25, 0.3) is 0 Å². The lowest BCUT2D eigenvalue weighted by Crippen LogP contribution is -2.52. The normalized spacial score (nSPS) is 23.1. The molecule has 2 rings (SSSR count). The van der Waals surface area contributed by atoms with E-state index in [9.17, 15) is 4.79 Å². The zero-order valence-electron chi connectivity index (χ0n) is 10.2. The molecule has 94 valence electrons. The van der Waals surface area contributed by atoms with E-state index in [1.165, 1.54) is 32.1 Å². The summed E-state index contributed by atoms with van der Waals surface area (Å²) in [5, 5.41) is 2.77. The van der Waals surface area contributed by atoms with E-state index < -0.39 is 0 Å². The average molecular weight is 252 g/mol. The third kappa shape index (κ3) is 3.10. The van der Waals surface area contributed by atoms with Gasteiger partial charge in [0.25, 0.3) is 0 Å². The standard InChI is InChI=1S/C13H20N2OS/c1-2-8-14-12(16)15-9-10-17-13(11-15)6-4-3-5-7-13/h1H,3-11H2,(H,14,16). The van der Waals surface area contributed by atoms with E-state index in [0.717, 1.165) is 18.8 Å². The molecule has 0 aromatic rings. The minimum atomic E-state index is 0.00759. The van der Waals surface area contributed by atoms with Gasteiger partial charge in [0.2, 0.25) is 0 Å². The fourth-order valence-corrected chi connectivity index (χ4v) is 4.32. The first-order chi connectivity index (χ1) is 8.26. The van der Waals surface area contributed by atoms with Gasteiger partial charge < -0.3 is 10.2 Å². The van der Waals surface area contributed by atoms with Crippen molar-refractivity contribution >= 4 is 17.8 Å². The van der Waals surface area contributed by atoms with Crippen molar-refractivity contribution in [3.63, 3.8) is 0 Å². The Kier molecular flexibility index (Phi) is 4.22. The van der Waals surface area contributed by atoms with Crippen LogP contribution < -0.4 is 5.32 Å². The van der Waals surface area contributed by atoms with Crippen molar-refractivity contribution < 1.29 is 4.79 Å². The van der Waals surface area contributed by atoms with Crippen LogP contribution in [0.2, 0.25) is 0 Å². The summed E-state index contributed by atoms with van der Waals surface area (Å²) in [7, 11) is 0. The minimum absolute atomic E-state index is 0.00759. The van der Waals surface area contributed by atoms with E-state index in [2.05, 4.69) is 23.0 Å². The van der Waals surface area contributed by atoms with Crippen molar-refractivity contribution in [2.45, 2.75) is 36.9 Å². The van der Waals surface area contributed by atoms with Crippen molar-refractivity contribution in [3.8, 4) is 12.3 Å². The van der Waals surface area contributed by atoms with Gasteiger partial charge in [0.15, 0.2) is 0 Å². The second-order valence-electron chi connectivity index (χ2n) is 4.88. The van der Waals surface area contributed by atoms with Crippen molar-refractivity contribution in [1.82, 2.24) is 10.2 Å². The molecule has 1 aliphatic heterocycles. The lowest BCUT2D eigenvalue weighted by molar-refractivity contribution is 0.186. The summed E-state index contributed by atoms with van der Waals surface area (Å²) in [4.78, 5) is 13.8. The van der Waals surface area contributed by atoms with Crippen LogP contribution in [0.4, 0.5) is 4.79 Å².